The number of likely N-dealkylation sites (tertiary alicyclic amines) is 1. The van der Waals surface area contributed by atoms with Gasteiger partial charge < -0.3 is 14.4 Å². The van der Waals surface area contributed by atoms with Crippen molar-refractivity contribution in [2.24, 2.45) is 5.41 Å². The van der Waals surface area contributed by atoms with E-state index in [0.717, 1.165) is 22.8 Å². The second kappa shape index (κ2) is 11.5. The zero-order valence-electron chi connectivity index (χ0n) is 23.5. The van der Waals surface area contributed by atoms with Gasteiger partial charge in [-0.15, -0.1) is 0 Å². The topological polar surface area (TPSA) is 74.1 Å². The Morgan fingerprint density at radius 3 is 2.60 bits per heavy atom. The highest BCUT2D eigenvalue weighted by Gasteiger charge is 2.47. The van der Waals surface area contributed by atoms with Gasteiger partial charge >= 0.3 is 0 Å². The van der Waals surface area contributed by atoms with Crippen LogP contribution in [0.5, 0.6) is 11.5 Å². The van der Waals surface area contributed by atoms with Crippen molar-refractivity contribution in [3.05, 3.63) is 53.6 Å². The summed E-state index contributed by atoms with van der Waals surface area (Å²) in [5, 5.41) is 10.1. The Balaban J connectivity index is 1.14. The zero-order chi connectivity index (χ0) is 27.7. The van der Waals surface area contributed by atoms with E-state index in [9.17, 15) is 9.65 Å². The molecule has 1 aromatic heterocycles. The number of piperidine rings is 1. The first-order valence-electron chi connectivity index (χ1n) is 14.8. The highest BCUT2D eigenvalue weighted by molar-refractivity contribution is 8.01. The van der Waals surface area contributed by atoms with Crippen LogP contribution < -0.4 is 9.46 Å². The monoisotopic (exact) mass is 559 g/mol. The SMILES string of the molecule is CC(C)SNc1ccc(F)c(Oc2ccc3ncc(C4CC5(CCN(C6CCCCC6)CC5)C4)nc3c2)c1C#N. The molecule has 6 nitrogen and oxygen atoms in total. The smallest absolute Gasteiger partial charge is 0.182 e. The number of aromatic nitrogens is 2. The molecule has 3 aliphatic rings. The predicted octanol–water partition coefficient (Wildman–Crippen LogP) is 8.19. The van der Waals surface area contributed by atoms with Gasteiger partial charge in [0.05, 0.1) is 22.4 Å². The van der Waals surface area contributed by atoms with Gasteiger partial charge in [0.15, 0.2) is 11.6 Å². The van der Waals surface area contributed by atoms with Gasteiger partial charge in [0, 0.05) is 29.5 Å². The Labute approximate surface area is 240 Å². The molecule has 2 aliphatic carbocycles. The third kappa shape index (κ3) is 5.64. The summed E-state index contributed by atoms with van der Waals surface area (Å²) in [5.74, 6) is 0.210. The first-order chi connectivity index (χ1) is 19.4. The summed E-state index contributed by atoms with van der Waals surface area (Å²) in [6.45, 7) is 6.57. The van der Waals surface area contributed by atoms with E-state index < -0.39 is 5.82 Å². The fraction of sp³-hybridized carbons (Fsp3) is 0.531. The maximum Gasteiger partial charge on any atom is 0.182 e. The molecule has 2 saturated carbocycles. The zero-order valence-corrected chi connectivity index (χ0v) is 24.3. The highest BCUT2D eigenvalue weighted by Crippen LogP contribution is 2.56. The average molecular weight is 560 g/mol. The van der Waals surface area contributed by atoms with Gasteiger partial charge in [-0.25, -0.2) is 9.37 Å². The first-order valence-corrected chi connectivity index (χ1v) is 15.6. The van der Waals surface area contributed by atoms with Crippen molar-refractivity contribution in [3.8, 4) is 17.6 Å². The molecule has 6 rings (SSSR count). The van der Waals surface area contributed by atoms with Crippen LogP contribution in [-0.2, 0) is 0 Å². The van der Waals surface area contributed by atoms with Crippen LogP contribution in [0.3, 0.4) is 0 Å². The second-order valence-corrected chi connectivity index (χ2v) is 13.5. The number of halogens is 1. The van der Waals surface area contributed by atoms with Crippen LogP contribution in [-0.4, -0.2) is 39.2 Å². The van der Waals surface area contributed by atoms with Crippen LogP contribution in [0, 0.1) is 22.6 Å². The summed E-state index contributed by atoms with van der Waals surface area (Å²) >= 11 is 1.46. The molecule has 210 valence electrons. The Morgan fingerprint density at radius 2 is 1.88 bits per heavy atom. The average Bonchev–Trinajstić information content (AvgIpc) is 2.96. The summed E-state index contributed by atoms with van der Waals surface area (Å²) in [7, 11) is 0. The molecule has 2 heterocycles. The number of nitrogens with one attached hydrogen (secondary N) is 1. The molecule has 0 unspecified atom stereocenters. The number of hydrogen-bond donors (Lipinski definition) is 1. The molecule has 1 N–H and O–H groups in total. The minimum Gasteiger partial charge on any atom is -0.453 e. The molecule has 2 aromatic carbocycles. The normalized spacial score (nSPS) is 20.0. The van der Waals surface area contributed by atoms with Gasteiger partial charge in [-0.2, -0.15) is 5.26 Å². The minimum absolute atomic E-state index is 0.0826. The molecule has 8 heteroatoms. The molecule has 0 bridgehead atoms. The number of rotatable bonds is 7. The molecule has 1 spiro atoms. The maximum atomic E-state index is 14.8. The third-order valence-corrected chi connectivity index (χ3v) is 9.91. The number of benzene rings is 2. The van der Waals surface area contributed by atoms with E-state index in [1.807, 2.05) is 26.1 Å². The lowest BCUT2D eigenvalue weighted by Gasteiger charge is -2.53. The van der Waals surface area contributed by atoms with E-state index in [1.165, 1.54) is 88.9 Å². The minimum atomic E-state index is -0.578. The molecule has 3 aromatic rings. The van der Waals surface area contributed by atoms with Gasteiger partial charge in [0.2, 0.25) is 0 Å². The van der Waals surface area contributed by atoms with Gasteiger partial charge in [-0.1, -0.05) is 33.1 Å². The van der Waals surface area contributed by atoms with Crippen molar-refractivity contribution in [2.45, 2.75) is 88.8 Å². The van der Waals surface area contributed by atoms with Crippen LogP contribution >= 0.6 is 11.9 Å². The van der Waals surface area contributed by atoms with Crippen LogP contribution in [0.4, 0.5) is 10.1 Å². The van der Waals surface area contributed by atoms with Crippen molar-refractivity contribution >= 4 is 28.7 Å². The Bertz CT molecular complexity index is 1400. The molecular weight excluding hydrogens is 521 g/mol. The van der Waals surface area contributed by atoms with Gasteiger partial charge in [-0.3, -0.25) is 4.98 Å². The Morgan fingerprint density at radius 1 is 1.10 bits per heavy atom. The Kier molecular flexibility index (Phi) is 7.87. The lowest BCUT2D eigenvalue weighted by molar-refractivity contribution is -0.00581. The van der Waals surface area contributed by atoms with Gasteiger partial charge in [-0.05, 0) is 93.2 Å². The number of nitriles is 1. The maximum absolute atomic E-state index is 14.8. The fourth-order valence-electron chi connectivity index (χ4n) is 6.83. The quantitative estimate of drug-likeness (QED) is 0.293. The first kappa shape index (κ1) is 27.3. The van der Waals surface area contributed by atoms with E-state index >= 15 is 0 Å². The molecule has 1 aliphatic heterocycles. The summed E-state index contributed by atoms with van der Waals surface area (Å²) in [6.07, 6.45) is 13.9. The van der Waals surface area contributed by atoms with E-state index in [1.54, 1.807) is 18.2 Å². The van der Waals surface area contributed by atoms with Gasteiger partial charge in [0.25, 0.3) is 0 Å². The summed E-state index contributed by atoms with van der Waals surface area (Å²) in [6, 6.07) is 11.2. The number of anilines is 1. The third-order valence-electron chi connectivity index (χ3n) is 9.11. The van der Waals surface area contributed by atoms with Crippen molar-refractivity contribution in [1.82, 2.24) is 14.9 Å². The van der Waals surface area contributed by atoms with E-state index in [0.29, 0.717) is 28.0 Å². The predicted molar refractivity (Wildman–Crippen MR) is 159 cm³/mol. The number of hydrogen-bond acceptors (Lipinski definition) is 7. The number of ether oxygens (including phenoxy) is 1. The summed E-state index contributed by atoms with van der Waals surface area (Å²) in [5.41, 5.74) is 3.68. The lowest BCUT2D eigenvalue weighted by atomic mass is 9.56. The number of nitrogens with zero attached hydrogens (tertiary/aromatic N) is 4. The standard InChI is InChI=1S/C32H38FN5OS/c1-21(2)40-37-27-11-9-26(33)31(25(27)19-34)39-24-8-10-28-29(16-24)36-30(20-35-28)22-17-32(18-22)12-14-38(15-13-32)23-6-4-3-5-7-23/h8-11,16,20-23,37H,3-7,12-15,17-18H2,1-2H3. The molecule has 40 heavy (non-hydrogen) atoms. The summed E-state index contributed by atoms with van der Waals surface area (Å²) in [4.78, 5) is 12.4. The van der Waals surface area contributed by atoms with Crippen LogP contribution in [0.15, 0.2) is 36.5 Å². The summed E-state index contributed by atoms with van der Waals surface area (Å²) < 4.78 is 23.9. The van der Waals surface area contributed by atoms with Crippen molar-refractivity contribution in [3.63, 3.8) is 0 Å². The van der Waals surface area contributed by atoms with Crippen LogP contribution in [0.25, 0.3) is 11.0 Å². The molecule has 0 amide bonds. The molecule has 3 fully saturated rings. The van der Waals surface area contributed by atoms with Crippen molar-refractivity contribution in [2.75, 3.05) is 17.8 Å². The van der Waals surface area contributed by atoms with Crippen LogP contribution in [0.1, 0.15) is 88.8 Å². The van der Waals surface area contributed by atoms with E-state index in [4.69, 9.17) is 9.72 Å². The number of fused-ring (bicyclic) bond motifs is 1. The molecule has 0 atom stereocenters. The molecule has 1 saturated heterocycles. The lowest BCUT2D eigenvalue weighted by Crippen LogP contribution is -2.49. The molecular formula is C32H38FN5OS. The van der Waals surface area contributed by atoms with Gasteiger partial charge in [0.1, 0.15) is 17.4 Å². The highest BCUT2D eigenvalue weighted by atomic mass is 32.2. The van der Waals surface area contributed by atoms with Crippen molar-refractivity contribution < 1.29 is 9.13 Å². The van der Waals surface area contributed by atoms with Crippen molar-refractivity contribution in [1.29, 1.82) is 5.26 Å². The molecule has 0 radical (unpaired) electrons. The fourth-order valence-corrected chi connectivity index (χ4v) is 7.36. The van der Waals surface area contributed by atoms with E-state index in [2.05, 4.69) is 20.7 Å². The largest absolute Gasteiger partial charge is 0.453 e. The van der Waals surface area contributed by atoms with E-state index in [-0.39, 0.29) is 11.3 Å². The Hall–Kier alpha value is -2.89. The van der Waals surface area contributed by atoms with Crippen LogP contribution in [0.2, 0.25) is 0 Å². The second-order valence-electron chi connectivity index (χ2n) is 12.2.